The van der Waals surface area contributed by atoms with E-state index >= 15 is 0 Å². The second-order valence-corrected chi connectivity index (χ2v) is 7.68. The van der Waals surface area contributed by atoms with Gasteiger partial charge in [0.05, 0.1) is 35.9 Å². The molecule has 0 radical (unpaired) electrons. The van der Waals surface area contributed by atoms with Crippen LogP contribution in [0.5, 0.6) is 5.75 Å². The molecule has 0 bridgehead atoms. The van der Waals surface area contributed by atoms with Gasteiger partial charge in [-0.1, -0.05) is 0 Å². The highest BCUT2D eigenvalue weighted by atomic mass is 16.4. The molecule has 1 unspecified atom stereocenters. The van der Waals surface area contributed by atoms with Crippen LogP contribution in [-0.4, -0.2) is 59.5 Å². The third-order valence-electron chi connectivity index (χ3n) is 5.21. The summed E-state index contributed by atoms with van der Waals surface area (Å²) in [4.78, 5) is 58.1. The van der Waals surface area contributed by atoms with E-state index < -0.39 is 48.6 Å². The fourth-order valence-corrected chi connectivity index (χ4v) is 3.56. The first-order valence-corrected chi connectivity index (χ1v) is 10.4. The first-order valence-electron chi connectivity index (χ1n) is 10.4. The molecular weight excluding hydrogens is 452 g/mol. The van der Waals surface area contributed by atoms with Crippen LogP contribution in [0.1, 0.15) is 30.4 Å². The number of phenols is 1. The van der Waals surface area contributed by atoms with Gasteiger partial charge in [-0.15, -0.1) is 0 Å². The van der Waals surface area contributed by atoms with Gasteiger partial charge in [-0.2, -0.15) is 0 Å². The van der Waals surface area contributed by atoms with Crippen LogP contribution in [0.3, 0.4) is 0 Å². The Bertz CT molecular complexity index is 1120. The largest absolute Gasteiger partial charge is 0.549 e. The molecule has 2 aromatic rings. The highest BCUT2D eigenvalue weighted by molar-refractivity contribution is 5.85. The summed E-state index contributed by atoms with van der Waals surface area (Å²) in [6.45, 7) is -0.0528. The minimum atomic E-state index is -1.65. The Balaban J connectivity index is 1.91. The lowest BCUT2D eigenvalue weighted by molar-refractivity contribution is -0.318. The van der Waals surface area contributed by atoms with Crippen molar-refractivity contribution in [3.63, 3.8) is 0 Å². The van der Waals surface area contributed by atoms with Gasteiger partial charge in [0.2, 0.25) is 5.91 Å². The second-order valence-electron chi connectivity index (χ2n) is 7.68. The molecule has 0 saturated heterocycles. The summed E-state index contributed by atoms with van der Waals surface area (Å²) >= 11 is 0. The van der Waals surface area contributed by atoms with Crippen molar-refractivity contribution < 1.29 is 44.0 Å². The van der Waals surface area contributed by atoms with Crippen molar-refractivity contribution in [3.05, 3.63) is 39.7 Å². The van der Waals surface area contributed by atoms with Crippen LogP contribution in [-0.2, 0) is 25.6 Å². The number of nitrogens with zero attached hydrogens (tertiary/aromatic N) is 1. The van der Waals surface area contributed by atoms with Crippen molar-refractivity contribution in [2.75, 3.05) is 19.6 Å². The molecule has 2 rings (SSSR count). The number of hydrogen-bond donors (Lipinski definition) is 2. The van der Waals surface area contributed by atoms with E-state index in [1.807, 2.05) is 0 Å². The number of carboxylic acids is 3. The zero-order valence-electron chi connectivity index (χ0n) is 18.3. The molecule has 1 aromatic heterocycles. The maximum absolute atomic E-state index is 12.3. The van der Waals surface area contributed by atoms with Gasteiger partial charge in [-0.05, 0) is 43.9 Å². The number of amides is 1. The molecule has 1 aromatic carbocycles. The lowest BCUT2D eigenvalue weighted by Crippen LogP contribution is -2.54. The number of phenolic OH excluding ortho intramolecular Hbond substituents is 1. The van der Waals surface area contributed by atoms with Crippen LogP contribution in [0, 0.1) is 6.92 Å². The number of unbranched alkanes of at least 4 members (excludes halogenated alkanes) is 1. The summed E-state index contributed by atoms with van der Waals surface area (Å²) in [7, 11) is 0. The van der Waals surface area contributed by atoms with Gasteiger partial charge in [0.1, 0.15) is 11.3 Å². The van der Waals surface area contributed by atoms with Crippen molar-refractivity contribution in [3.8, 4) is 5.75 Å². The van der Waals surface area contributed by atoms with Crippen LogP contribution >= 0.6 is 0 Å². The first kappa shape index (κ1) is 26.3. The number of fused-ring (bicyclic) bond motifs is 1. The van der Waals surface area contributed by atoms with E-state index in [9.17, 15) is 44.4 Å². The Morgan fingerprint density at radius 3 is 2.32 bits per heavy atom. The third kappa shape index (κ3) is 7.30. The molecule has 1 amide bonds. The lowest BCUT2D eigenvalue weighted by atomic mass is 10.0. The second kappa shape index (κ2) is 11.8. The molecule has 1 atom stereocenters. The predicted octanol–water partition coefficient (Wildman–Crippen LogP) is -3.44. The first-order chi connectivity index (χ1) is 16.0. The molecule has 1 heterocycles. The maximum atomic E-state index is 12.3. The van der Waals surface area contributed by atoms with Crippen molar-refractivity contribution >= 4 is 34.8 Å². The highest BCUT2D eigenvalue weighted by Gasteiger charge is 2.20. The summed E-state index contributed by atoms with van der Waals surface area (Å²) in [5, 5.41) is 45.6. The van der Waals surface area contributed by atoms with E-state index in [2.05, 4.69) is 5.32 Å². The smallest absolute Gasteiger partial charge is 0.340 e. The highest BCUT2D eigenvalue weighted by Crippen LogP contribution is 2.23. The van der Waals surface area contributed by atoms with E-state index in [1.54, 1.807) is 13.0 Å². The van der Waals surface area contributed by atoms with Crippen LogP contribution in [0.15, 0.2) is 27.4 Å². The Morgan fingerprint density at radius 2 is 1.74 bits per heavy atom. The average molecular weight is 475 g/mol. The van der Waals surface area contributed by atoms with E-state index in [0.29, 0.717) is 22.3 Å². The molecule has 0 aliphatic heterocycles. The predicted molar refractivity (Wildman–Crippen MR) is 110 cm³/mol. The third-order valence-corrected chi connectivity index (χ3v) is 5.21. The van der Waals surface area contributed by atoms with Gasteiger partial charge >= 0.3 is 5.63 Å². The minimum Gasteiger partial charge on any atom is -0.549 e. The maximum Gasteiger partial charge on any atom is 0.340 e. The number of aliphatic carboxylic acids is 3. The van der Waals surface area contributed by atoms with E-state index in [-0.39, 0.29) is 42.7 Å². The van der Waals surface area contributed by atoms with Crippen LogP contribution in [0.25, 0.3) is 11.0 Å². The fraction of sp³-hybridized carbons (Fsp3) is 0.409. The SMILES string of the molecule is Cc1c(CC(=O)NCCCCC(C(=O)[O-])N(CC(=O)[O-])CC(=O)[O-])c(=O)oc2cc(O)ccc12. The minimum absolute atomic E-state index is 0.0659. The lowest BCUT2D eigenvalue weighted by Gasteiger charge is -2.33. The normalized spacial score (nSPS) is 11.9. The molecule has 184 valence electrons. The Morgan fingerprint density at radius 1 is 1.09 bits per heavy atom. The molecule has 2 N–H and O–H groups in total. The van der Waals surface area contributed by atoms with Crippen molar-refractivity contribution in [1.82, 2.24) is 10.2 Å². The quantitative estimate of drug-likeness (QED) is 0.215. The van der Waals surface area contributed by atoms with Gasteiger partial charge in [0.25, 0.3) is 0 Å². The molecule has 0 aliphatic rings. The number of carbonyl (C=O) groups excluding carboxylic acids is 4. The summed E-state index contributed by atoms with van der Waals surface area (Å²) in [6, 6.07) is 2.81. The van der Waals surface area contributed by atoms with Gasteiger partial charge in [0, 0.05) is 31.1 Å². The van der Waals surface area contributed by atoms with Crippen molar-refractivity contribution in [2.24, 2.45) is 0 Å². The number of aryl methyl sites for hydroxylation is 1. The summed E-state index contributed by atoms with van der Waals surface area (Å²) in [5.41, 5.74) is 0.191. The Labute approximate surface area is 193 Å². The molecular formula is C22H23N2O10-3. The van der Waals surface area contributed by atoms with Gasteiger partial charge in [0.15, 0.2) is 0 Å². The number of carbonyl (C=O) groups is 4. The average Bonchev–Trinajstić information content (AvgIpc) is 2.72. The number of rotatable bonds is 13. The Kier molecular flexibility index (Phi) is 9.13. The standard InChI is InChI=1S/C22H26N2O10/c1-12-14-6-5-13(25)8-17(14)34-22(33)15(12)9-18(26)23-7-3-2-4-16(21(31)32)24(10-19(27)28)11-20(29)30/h5-6,8,16,25H,2-4,7,9-11H2,1H3,(H,23,26)(H,27,28)(H,29,30)(H,31,32)/p-3. The van der Waals surface area contributed by atoms with Crippen LogP contribution in [0.2, 0.25) is 0 Å². The number of aromatic hydroxyl groups is 1. The van der Waals surface area contributed by atoms with Crippen molar-refractivity contribution in [2.45, 2.75) is 38.6 Å². The molecule has 0 aliphatic carbocycles. The molecule has 0 spiro atoms. The van der Waals surface area contributed by atoms with Crippen LogP contribution < -0.4 is 26.3 Å². The van der Waals surface area contributed by atoms with Gasteiger partial charge < -0.3 is 44.5 Å². The molecule has 12 heteroatoms. The number of nitrogens with one attached hydrogen (secondary N) is 1. The molecule has 34 heavy (non-hydrogen) atoms. The molecule has 0 saturated carbocycles. The van der Waals surface area contributed by atoms with E-state index in [1.165, 1.54) is 12.1 Å². The number of carboxylic acid groups (broad SMARTS) is 3. The van der Waals surface area contributed by atoms with Gasteiger partial charge in [-0.25, -0.2) is 4.79 Å². The zero-order valence-corrected chi connectivity index (χ0v) is 18.3. The molecule has 0 fully saturated rings. The van der Waals surface area contributed by atoms with E-state index in [4.69, 9.17) is 4.42 Å². The van der Waals surface area contributed by atoms with E-state index in [0.717, 1.165) is 0 Å². The zero-order chi connectivity index (χ0) is 25.4. The summed E-state index contributed by atoms with van der Waals surface area (Å²) < 4.78 is 5.17. The topological polar surface area (TPSA) is 203 Å². The number of benzene rings is 1. The monoisotopic (exact) mass is 475 g/mol. The summed E-state index contributed by atoms with van der Waals surface area (Å²) in [5.74, 6) is -5.47. The Hall–Kier alpha value is -3.93. The van der Waals surface area contributed by atoms with Crippen LogP contribution in [0.4, 0.5) is 0 Å². The van der Waals surface area contributed by atoms with Gasteiger partial charge in [-0.3, -0.25) is 9.69 Å². The molecule has 12 nitrogen and oxygen atoms in total. The summed E-state index contributed by atoms with van der Waals surface area (Å²) in [6.07, 6.45) is 0.122. The number of hydrogen-bond acceptors (Lipinski definition) is 11. The van der Waals surface area contributed by atoms with Crippen molar-refractivity contribution in [1.29, 1.82) is 0 Å². The fourth-order valence-electron chi connectivity index (χ4n) is 3.56.